The molecule has 2 nitrogen and oxygen atoms in total. The number of rotatable bonds is 3. The van der Waals surface area contributed by atoms with Crippen molar-refractivity contribution in [2.75, 3.05) is 0 Å². The van der Waals surface area contributed by atoms with E-state index >= 15 is 0 Å². The Hall–Kier alpha value is -1.91. The molecule has 1 aromatic carbocycles. The molecule has 0 fully saturated rings. The molecule has 1 aliphatic rings. The molecule has 1 atom stereocenters. The molecule has 0 spiro atoms. The Morgan fingerprint density at radius 1 is 1.05 bits per heavy atom. The van der Waals surface area contributed by atoms with Gasteiger partial charge in [0.2, 0.25) is 5.78 Å². The number of allylic oxidation sites excluding steroid dienone is 2. The van der Waals surface area contributed by atoms with Crippen LogP contribution in [0.2, 0.25) is 0 Å². The van der Waals surface area contributed by atoms with Gasteiger partial charge in [-0.2, -0.15) is 13.2 Å². The largest absolute Gasteiger partial charge is 0.451 e. The molecule has 5 heteroatoms. The van der Waals surface area contributed by atoms with Crippen LogP contribution in [-0.4, -0.2) is 17.7 Å². The van der Waals surface area contributed by atoms with Crippen LogP contribution in [0.25, 0.3) is 0 Å². The van der Waals surface area contributed by atoms with E-state index in [1.54, 1.807) is 25.1 Å². The van der Waals surface area contributed by atoms with E-state index in [4.69, 9.17) is 0 Å². The van der Waals surface area contributed by atoms with Crippen LogP contribution < -0.4 is 0 Å². The lowest BCUT2D eigenvalue weighted by atomic mass is 9.65. The van der Waals surface area contributed by atoms with E-state index in [9.17, 15) is 22.8 Å². The summed E-state index contributed by atoms with van der Waals surface area (Å²) in [5.41, 5.74) is -0.240. The summed E-state index contributed by atoms with van der Waals surface area (Å²) in [7, 11) is 0. The van der Waals surface area contributed by atoms with Gasteiger partial charge in [-0.3, -0.25) is 9.59 Å². The summed E-state index contributed by atoms with van der Waals surface area (Å²) >= 11 is 0. The molecular weight excluding hydrogens is 293 g/mol. The number of alkyl halides is 3. The zero-order chi connectivity index (χ0) is 16.5. The number of carbonyl (C=O) groups excluding carboxylic acids is 2. The molecule has 0 amide bonds. The molecule has 1 aliphatic carbocycles. The topological polar surface area (TPSA) is 34.1 Å². The summed E-state index contributed by atoms with van der Waals surface area (Å²) in [6.45, 7) is 3.51. The SMILES string of the molecule is CC1=C(C)CC(C(=O)c2ccccc2)(C(=O)C(F)(F)F)CC1. The first kappa shape index (κ1) is 16.5. The second kappa shape index (κ2) is 5.71. The minimum absolute atomic E-state index is 0.0950. The molecule has 2 rings (SSSR count). The third-order valence-corrected chi connectivity index (χ3v) is 4.39. The van der Waals surface area contributed by atoms with Crippen LogP contribution in [-0.2, 0) is 4.79 Å². The molecule has 0 bridgehead atoms. The average molecular weight is 310 g/mol. The lowest BCUT2D eigenvalue weighted by molar-refractivity contribution is -0.180. The monoisotopic (exact) mass is 310 g/mol. The summed E-state index contributed by atoms with van der Waals surface area (Å²) in [4.78, 5) is 24.8. The van der Waals surface area contributed by atoms with Crippen LogP contribution in [0.3, 0.4) is 0 Å². The first-order chi connectivity index (χ1) is 10.2. The third-order valence-electron chi connectivity index (χ3n) is 4.39. The highest BCUT2D eigenvalue weighted by Gasteiger charge is 2.57. The maximum absolute atomic E-state index is 13.1. The highest BCUT2D eigenvalue weighted by molar-refractivity contribution is 6.16. The molecule has 0 aromatic heterocycles. The van der Waals surface area contributed by atoms with Gasteiger partial charge in [0.15, 0.2) is 5.78 Å². The summed E-state index contributed by atoms with van der Waals surface area (Å²) in [5.74, 6) is -2.66. The van der Waals surface area contributed by atoms with Crippen LogP contribution in [0.15, 0.2) is 41.5 Å². The molecule has 1 unspecified atom stereocenters. The smallest absolute Gasteiger partial charge is 0.293 e. The zero-order valence-corrected chi connectivity index (χ0v) is 12.5. The summed E-state index contributed by atoms with van der Waals surface area (Å²) in [6.07, 6.45) is -4.95. The van der Waals surface area contributed by atoms with Crippen LogP contribution in [0, 0.1) is 5.41 Å². The Kier molecular flexibility index (Phi) is 4.27. The van der Waals surface area contributed by atoms with E-state index in [1.165, 1.54) is 12.1 Å². The van der Waals surface area contributed by atoms with Gasteiger partial charge in [0, 0.05) is 5.56 Å². The van der Waals surface area contributed by atoms with E-state index in [0.29, 0.717) is 12.0 Å². The minimum atomic E-state index is -5.02. The van der Waals surface area contributed by atoms with Crippen molar-refractivity contribution in [3.63, 3.8) is 0 Å². The van der Waals surface area contributed by atoms with Gasteiger partial charge in [-0.05, 0) is 33.1 Å². The number of benzene rings is 1. The highest BCUT2D eigenvalue weighted by Crippen LogP contribution is 2.46. The fourth-order valence-electron chi connectivity index (χ4n) is 2.93. The summed E-state index contributed by atoms with van der Waals surface area (Å²) in [6, 6.07) is 7.74. The lowest BCUT2D eigenvalue weighted by Crippen LogP contribution is -2.48. The number of Topliss-reactive ketones (excluding diaryl/α,β-unsaturated/α-hetero) is 2. The van der Waals surface area contributed by atoms with Crippen LogP contribution in [0.4, 0.5) is 13.2 Å². The lowest BCUT2D eigenvalue weighted by Gasteiger charge is -2.36. The average Bonchev–Trinajstić information content (AvgIpc) is 2.48. The number of hydrogen-bond donors (Lipinski definition) is 0. The predicted molar refractivity (Wildman–Crippen MR) is 76.5 cm³/mol. The van der Waals surface area contributed by atoms with E-state index in [0.717, 1.165) is 5.57 Å². The molecular formula is C17H17F3O2. The number of halogens is 3. The maximum Gasteiger partial charge on any atom is 0.451 e. The number of ketones is 2. The number of carbonyl (C=O) groups is 2. The minimum Gasteiger partial charge on any atom is -0.293 e. The van der Waals surface area contributed by atoms with Crippen LogP contribution in [0.1, 0.15) is 43.5 Å². The van der Waals surface area contributed by atoms with Gasteiger partial charge >= 0.3 is 6.18 Å². The van der Waals surface area contributed by atoms with Gasteiger partial charge in [0.25, 0.3) is 0 Å². The van der Waals surface area contributed by atoms with E-state index in [2.05, 4.69) is 0 Å². The fourth-order valence-corrected chi connectivity index (χ4v) is 2.93. The Morgan fingerprint density at radius 3 is 2.14 bits per heavy atom. The van der Waals surface area contributed by atoms with E-state index < -0.39 is 23.2 Å². The molecule has 0 aliphatic heterocycles. The Balaban J connectivity index is 2.53. The van der Waals surface area contributed by atoms with Crippen molar-refractivity contribution < 1.29 is 22.8 Å². The molecule has 0 saturated heterocycles. The first-order valence-corrected chi connectivity index (χ1v) is 7.05. The fraction of sp³-hybridized carbons (Fsp3) is 0.412. The van der Waals surface area contributed by atoms with Crippen molar-refractivity contribution in [1.82, 2.24) is 0 Å². The molecule has 0 radical (unpaired) electrons. The maximum atomic E-state index is 13.1. The van der Waals surface area contributed by atoms with Gasteiger partial charge in [0.05, 0.1) is 0 Å². The Labute approximate surface area is 127 Å². The van der Waals surface area contributed by atoms with Crippen molar-refractivity contribution in [3.8, 4) is 0 Å². The summed E-state index contributed by atoms with van der Waals surface area (Å²) in [5, 5.41) is 0. The predicted octanol–water partition coefficient (Wildman–Crippen LogP) is 4.51. The van der Waals surface area contributed by atoms with Crippen molar-refractivity contribution in [2.45, 2.75) is 39.3 Å². The van der Waals surface area contributed by atoms with Gasteiger partial charge in [-0.25, -0.2) is 0 Å². The highest BCUT2D eigenvalue weighted by atomic mass is 19.4. The normalized spacial score (nSPS) is 22.6. The molecule has 118 valence electrons. The molecule has 22 heavy (non-hydrogen) atoms. The molecule has 0 saturated carbocycles. The summed E-state index contributed by atoms with van der Waals surface area (Å²) < 4.78 is 39.2. The molecule has 1 aromatic rings. The van der Waals surface area contributed by atoms with Gasteiger partial charge in [0.1, 0.15) is 5.41 Å². The van der Waals surface area contributed by atoms with Crippen LogP contribution >= 0.6 is 0 Å². The number of hydrogen-bond acceptors (Lipinski definition) is 2. The zero-order valence-electron chi connectivity index (χ0n) is 12.5. The molecule has 0 heterocycles. The van der Waals surface area contributed by atoms with Crippen LogP contribution in [0.5, 0.6) is 0 Å². The quantitative estimate of drug-likeness (QED) is 0.468. The standard InChI is InChI=1S/C17H17F3O2/c1-11-8-9-16(10-12(11)2,15(22)17(18,19)20)14(21)13-6-4-3-5-7-13/h3-7H,8-10H2,1-2H3. The van der Waals surface area contributed by atoms with Crippen molar-refractivity contribution >= 4 is 11.6 Å². The Morgan fingerprint density at radius 2 is 1.64 bits per heavy atom. The van der Waals surface area contributed by atoms with Crippen molar-refractivity contribution in [1.29, 1.82) is 0 Å². The second-order valence-electron chi connectivity index (χ2n) is 5.84. The third kappa shape index (κ3) is 2.85. The van der Waals surface area contributed by atoms with Gasteiger partial charge < -0.3 is 0 Å². The second-order valence-corrected chi connectivity index (χ2v) is 5.84. The first-order valence-electron chi connectivity index (χ1n) is 7.05. The van der Waals surface area contributed by atoms with Gasteiger partial charge in [-0.15, -0.1) is 0 Å². The Bertz CT molecular complexity index is 629. The van der Waals surface area contributed by atoms with Crippen molar-refractivity contribution in [3.05, 3.63) is 47.0 Å². The van der Waals surface area contributed by atoms with Gasteiger partial charge in [-0.1, -0.05) is 41.5 Å². The molecule has 0 N–H and O–H groups in total. The van der Waals surface area contributed by atoms with Crippen molar-refractivity contribution in [2.24, 2.45) is 5.41 Å². The van der Waals surface area contributed by atoms with E-state index in [1.807, 2.05) is 6.92 Å². The van der Waals surface area contributed by atoms with E-state index in [-0.39, 0.29) is 18.4 Å².